The van der Waals surface area contributed by atoms with Crippen LogP contribution in [0.3, 0.4) is 0 Å². The number of nitrogens with zero attached hydrogens (tertiary/aromatic N) is 5. The van der Waals surface area contributed by atoms with Crippen molar-refractivity contribution in [2.75, 3.05) is 32.8 Å². The lowest BCUT2D eigenvalue weighted by Gasteiger charge is -2.40. The van der Waals surface area contributed by atoms with Crippen molar-refractivity contribution in [1.82, 2.24) is 29.5 Å². The van der Waals surface area contributed by atoms with Crippen molar-refractivity contribution in [3.63, 3.8) is 0 Å². The second-order valence-corrected chi connectivity index (χ2v) is 10.7. The summed E-state index contributed by atoms with van der Waals surface area (Å²) in [5.41, 5.74) is 5.38. The number of hydrogen-bond acceptors (Lipinski definition) is 6. The Morgan fingerprint density at radius 2 is 1.92 bits per heavy atom. The van der Waals surface area contributed by atoms with E-state index >= 15 is 0 Å². The summed E-state index contributed by atoms with van der Waals surface area (Å²) < 4.78 is 7.52. The summed E-state index contributed by atoms with van der Waals surface area (Å²) in [6.07, 6.45) is 7.09. The minimum Gasteiger partial charge on any atom is -0.381 e. The maximum Gasteiger partial charge on any atom is 0.259 e. The number of hydrogen-bond donors (Lipinski definition) is 1. The molecule has 1 N–H and O–H groups in total. The molecule has 0 aliphatic carbocycles. The van der Waals surface area contributed by atoms with Crippen LogP contribution in [0.2, 0.25) is 0 Å². The van der Waals surface area contributed by atoms with Crippen LogP contribution in [-0.2, 0) is 11.3 Å². The number of aromatic nitrogens is 4. The van der Waals surface area contributed by atoms with Gasteiger partial charge in [-0.15, -0.1) is 0 Å². The second kappa shape index (κ2) is 9.96. The highest BCUT2D eigenvalue weighted by Crippen LogP contribution is 2.30. The highest BCUT2D eigenvalue weighted by Gasteiger charge is 2.29. The van der Waals surface area contributed by atoms with Gasteiger partial charge in [0.1, 0.15) is 0 Å². The molecule has 0 radical (unpaired) electrons. The Morgan fingerprint density at radius 3 is 2.68 bits per heavy atom. The van der Waals surface area contributed by atoms with Crippen molar-refractivity contribution >= 4 is 27.7 Å². The molecule has 2 aliphatic heterocycles. The number of pyridine rings is 2. The molecule has 9 nitrogen and oxygen atoms in total. The number of aryl methyl sites for hydroxylation is 2. The van der Waals surface area contributed by atoms with E-state index in [0.29, 0.717) is 37.3 Å². The Balaban J connectivity index is 1.31. The summed E-state index contributed by atoms with van der Waals surface area (Å²) in [7, 11) is 0. The molecule has 0 bridgehead atoms. The van der Waals surface area contributed by atoms with Crippen molar-refractivity contribution in [2.24, 2.45) is 0 Å². The fourth-order valence-corrected chi connectivity index (χ4v) is 5.91. The van der Waals surface area contributed by atoms with Crippen LogP contribution >= 0.6 is 0 Å². The first-order chi connectivity index (χ1) is 18.4. The molecular weight excluding hydrogens is 480 g/mol. The average molecular weight is 515 g/mol. The minimum atomic E-state index is -0.154. The standard InChI is InChI=1S/C29H34N6O3/c1-18-12-26-24(27-25(28(36)32-26)15-31-35(27)22-5-10-38-11-6-22)13-23(18)29(37)34-9-8-33(20(3)16-34)17-21-4-7-30-14-19(21)2/h4,7,12-15,20,22H,5-6,8-11,16-17H2,1-3H3,(H,32,36)/t20-/m0/s1. The van der Waals surface area contributed by atoms with Crippen LogP contribution in [0.15, 0.2) is 41.6 Å². The van der Waals surface area contributed by atoms with Crippen LogP contribution in [0, 0.1) is 13.8 Å². The largest absolute Gasteiger partial charge is 0.381 e. The Morgan fingerprint density at radius 1 is 1.11 bits per heavy atom. The Bertz CT molecular complexity index is 1570. The van der Waals surface area contributed by atoms with Crippen molar-refractivity contribution in [1.29, 1.82) is 0 Å². The molecule has 2 aliphatic rings. The van der Waals surface area contributed by atoms with E-state index in [9.17, 15) is 9.59 Å². The Labute approximate surface area is 221 Å². The van der Waals surface area contributed by atoms with E-state index in [1.807, 2.05) is 41.0 Å². The van der Waals surface area contributed by atoms with Crippen LogP contribution in [0.5, 0.6) is 0 Å². The lowest BCUT2D eigenvalue weighted by molar-refractivity contribution is 0.0494. The van der Waals surface area contributed by atoms with E-state index in [0.717, 1.165) is 47.9 Å². The molecule has 1 atom stereocenters. The van der Waals surface area contributed by atoms with Crippen molar-refractivity contribution < 1.29 is 9.53 Å². The molecule has 5 heterocycles. The molecule has 198 valence electrons. The third-order valence-electron chi connectivity index (χ3n) is 8.24. The zero-order valence-electron chi connectivity index (χ0n) is 22.2. The highest BCUT2D eigenvalue weighted by molar-refractivity contribution is 6.07. The number of fused-ring (bicyclic) bond motifs is 3. The third kappa shape index (κ3) is 4.39. The molecule has 0 saturated carbocycles. The lowest BCUT2D eigenvalue weighted by Crippen LogP contribution is -2.53. The van der Waals surface area contributed by atoms with E-state index < -0.39 is 0 Å². The van der Waals surface area contributed by atoms with Gasteiger partial charge in [0.15, 0.2) is 0 Å². The van der Waals surface area contributed by atoms with Gasteiger partial charge in [-0.25, -0.2) is 0 Å². The Hall–Kier alpha value is -3.56. The molecule has 4 aromatic rings. The van der Waals surface area contributed by atoms with E-state index in [2.05, 4.69) is 39.9 Å². The molecule has 2 saturated heterocycles. The predicted octanol–water partition coefficient (Wildman–Crippen LogP) is 3.59. The fourth-order valence-electron chi connectivity index (χ4n) is 5.91. The van der Waals surface area contributed by atoms with Gasteiger partial charge in [-0.05, 0) is 68.5 Å². The number of amides is 1. The number of carbonyl (C=O) groups excluding carboxylic acids is 1. The van der Waals surface area contributed by atoms with Crippen molar-refractivity contribution in [3.8, 4) is 0 Å². The molecule has 38 heavy (non-hydrogen) atoms. The number of H-pyrrole nitrogens is 1. The van der Waals surface area contributed by atoms with Gasteiger partial charge in [-0.1, -0.05) is 0 Å². The van der Waals surface area contributed by atoms with E-state index in [1.165, 1.54) is 11.1 Å². The van der Waals surface area contributed by atoms with Crippen LogP contribution in [-0.4, -0.2) is 74.3 Å². The average Bonchev–Trinajstić information content (AvgIpc) is 3.37. The molecular formula is C29H34N6O3. The first kappa shape index (κ1) is 24.8. The third-order valence-corrected chi connectivity index (χ3v) is 8.24. The quantitative estimate of drug-likeness (QED) is 0.447. The number of rotatable bonds is 4. The zero-order chi connectivity index (χ0) is 26.4. The van der Waals surface area contributed by atoms with Crippen LogP contribution < -0.4 is 5.56 Å². The summed E-state index contributed by atoms with van der Waals surface area (Å²) in [6.45, 7) is 10.6. The monoisotopic (exact) mass is 514 g/mol. The molecule has 0 unspecified atom stereocenters. The van der Waals surface area contributed by atoms with Gasteiger partial charge in [0, 0.05) is 68.8 Å². The normalized spacial score (nSPS) is 19.4. The summed E-state index contributed by atoms with van der Waals surface area (Å²) in [6, 6.07) is 6.37. The van der Waals surface area contributed by atoms with Gasteiger partial charge in [-0.2, -0.15) is 5.10 Å². The number of aromatic amines is 1. The van der Waals surface area contributed by atoms with Gasteiger partial charge >= 0.3 is 0 Å². The Kier molecular flexibility index (Phi) is 6.49. The smallest absolute Gasteiger partial charge is 0.259 e. The predicted molar refractivity (Wildman–Crippen MR) is 146 cm³/mol. The number of piperazine rings is 1. The molecule has 2 fully saturated rings. The number of benzene rings is 1. The van der Waals surface area contributed by atoms with Crippen LogP contribution in [0.1, 0.15) is 52.9 Å². The van der Waals surface area contributed by atoms with Crippen molar-refractivity contribution in [2.45, 2.75) is 52.2 Å². The fraction of sp³-hybridized carbons (Fsp3) is 0.448. The van der Waals surface area contributed by atoms with Gasteiger partial charge in [-0.3, -0.25) is 24.2 Å². The SMILES string of the molecule is Cc1cnccc1CN1CCN(C(=O)c2cc3c(cc2C)[nH]c(=O)c2cnn(C4CCOCC4)c23)C[C@@H]1C. The highest BCUT2D eigenvalue weighted by atomic mass is 16.5. The number of nitrogens with one attached hydrogen (secondary N) is 1. The first-order valence-electron chi connectivity index (χ1n) is 13.4. The van der Waals surface area contributed by atoms with Crippen LogP contribution in [0.4, 0.5) is 0 Å². The maximum atomic E-state index is 13.8. The lowest BCUT2D eigenvalue weighted by atomic mass is 10.0. The van der Waals surface area contributed by atoms with Gasteiger partial charge in [0.25, 0.3) is 11.5 Å². The molecule has 0 spiro atoms. The molecule has 3 aromatic heterocycles. The zero-order valence-corrected chi connectivity index (χ0v) is 22.2. The van der Waals surface area contributed by atoms with Gasteiger partial charge in [0.2, 0.25) is 0 Å². The van der Waals surface area contributed by atoms with Gasteiger partial charge in [0.05, 0.1) is 28.7 Å². The molecule has 6 rings (SSSR count). The maximum absolute atomic E-state index is 13.8. The van der Waals surface area contributed by atoms with Gasteiger partial charge < -0.3 is 14.6 Å². The minimum absolute atomic E-state index is 0.0347. The topological polar surface area (TPSA) is 96.4 Å². The molecule has 1 aromatic carbocycles. The molecule has 1 amide bonds. The van der Waals surface area contributed by atoms with E-state index in [-0.39, 0.29) is 23.6 Å². The summed E-state index contributed by atoms with van der Waals surface area (Å²) >= 11 is 0. The second-order valence-electron chi connectivity index (χ2n) is 10.7. The number of ether oxygens (including phenoxy) is 1. The van der Waals surface area contributed by atoms with Crippen molar-refractivity contribution in [3.05, 3.63) is 69.4 Å². The molecule has 9 heteroatoms. The van der Waals surface area contributed by atoms with Crippen LogP contribution in [0.25, 0.3) is 21.8 Å². The summed E-state index contributed by atoms with van der Waals surface area (Å²) in [5.74, 6) is 0.0347. The number of carbonyl (C=O) groups is 1. The first-order valence-corrected chi connectivity index (χ1v) is 13.4. The summed E-state index contributed by atoms with van der Waals surface area (Å²) in [5, 5.41) is 6.03. The summed E-state index contributed by atoms with van der Waals surface area (Å²) in [4.78, 5) is 38.3. The van der Waals surface area contributed by atoms with E-state index in [4.69, 9.17) is 4.74 Å². The van der Waals surface area contributed by atoms with E-state index in [1.54, 1.807) is 6.20 Å².